The van der Waals surface area contributed by atoms with E-state index in [1.807, 2.05) is 6.92 Å². The van der Waals surface area contributed by atoms with Crippen molar-refractivity contribution in [2.75, 3.05) is 0 Å². The van der Waals surface area contributed by atoms with Crippen LogP contribution in [0.3, 0.4) is 0 Å². The van der Waals surface area contributed by atoms with Gasteiger partial charge in [0.2, 0.25) is 5.89 Å². The van der Waals surface area contributed by atoms with Crippen LogP contribution in [0.1, 0.15) is 11.1 Å². The standard InChI is InChI=1S/C15H8Cl2F3N3O/c1-7-2-3-8(4-10(7)16)13-22-23-14(24-13)12-11(17)5-9(6-21-12)15(18,19)20/h2-6H,1H3. The van der Waals surface area contributed by atoms with Crippen LogP contribution in [-0.4, -0.2) is 15.2 Å². The van der Waals surface area contributed by atoms with Crippen molar-refractivity contribution in [2.45, 2.75) is 13.1 Å². The molecule has 3 rings (SSSR count). The lowest BCUT2D eigenvalue weighted by molar-refractivity contribution is -0.137. The fourth-order valence-corrected chi connectivity index (χ4v) is 2.34. The maximum atomic E-state index is 12.6. The molecule has 0 fully saturated rings. The summed E-state index contributed by atoms with van der Waals surface area (Å²) >= 11 is 11.9. The van der Waals surface area contributed by atoms with Crippen LogP contribution in [0.25, 0.3) is 23.0 Å². The number of nitrogens with zero attached hydrogens (tertiary/aromatic N) is 3. The van der Waals surface area contributed by atoms with Crippen molar-refractivity contribution in [1.82, 2.24) is 15.2 Å². The number of pyridine rings is 1. The van der Waals surface area contributed by atoms with Crippen LogP contribution < -0.4 is 0 Å². The van der Waals surface area contributed by atoms with Crippen LogP contribution in [0.2, 0.25) is 10.0 Å². The van der Waals surface area contributed by atoms with Gasteiger partial charge < -0.3 is 4.42 Å². The zero-order chi connectivity index (χ0) is 17.5. The van der Waals surface area contributed by atoms with Gasteiger partial charge in [0.1, 0.15) is 5.69 Å². The Kier molecular flexibility index (Phi) is 4.23. The number of benzene rings is 1. The molecule has 0 amide bonds. The molecule has 0 spiro atoms. The highest BCUT2D eigenvalue weighted by atomic mass is 35.5. The van der Waals surface area contributed by atoms with Gasteiger partial charge in [-0.05, 0) is 30.7 Å². The van der Waals surface area contributed by atoms with Crippen molar-refractivity contribution in [1.29, 1.82) is 0 Å². The third-order valence-corrected chi connectivity index (χ3v) is 3.91. The fourth-order valence-electron chi connectivity index (χ4n) is 1.91. The first-order valence-electron chi connectivity index (χ1n) is 6.59. The first-order valence-corrected chi connectivity index (χ1v) is 7.34. The number of halogens is 5. The quantitative estimate of drug-likeness (QED) is 0.600. The van der Waals surface area contributed by atoms with E-state index in [2.05, 4.69) is 15.2 Å². The Hall–Kier alpha value is -2.12. The Balaban J connectivity index is 1.97. The second kappa shape index (κ2) is 6.07. The molecule has 0 atom stereocenters. The molecule has 0 radical (unpaired) electrons. The molecule has 0 bridgehead atoms. The molecule has 24 heavy (non-hydrogen) atoms. The Morgan fingerprint density at radius 3 is 2.33 bits per heavy atom. The van der Waals surface area contributed by atoms with Crippen LogP contribution in [0, 0.1) is 6.92 Å². The predicted molar refractivity (Wildman–Crippen MR) is 82.7 cm³/mol. The number of hydrogen-bond acceptors (Lipinski definition) is 4. The molecule has 0 aliphatic heterocycles. The van der Waals surface area contributed by atoms with Gasteiger partial charge in [0.05, 0.1) is 10.6 Å². The van der Waals surface area contributed by atoms with Gasteiger partial charge in [0.25, 0.3) is 5.89 Å². The van der Waals surface area contributed by atoms with E-state index in [1.165, 1.54) is 0 Å². The van der Waals surface area contributed by atoms with Crippen molar-refractivity contribution < 1.29 is 17.6 Å². The minimum absolute atomic E-state index is 0.0263. The van der Waals surface area contributed by atoms with E-state index < -0.39 is 11.7 Å². The number of alkyl halides is 3. The molecule has 9 heteroatoms. The summed E-state index contributed by atoms with van der Waals surface area (Å²) in [6.07, 6.45) is -3.87. The average Bonchev–Trinajstić information content (AvgIpc) is 2.98. The molecule has 1 aromatic carbocycles. The van der Waals surface area contributed by atoms with Crippen molar-refractivity contribution in [3.63, 3.8) is 0 Å². The van der Waals surface area contributed by atoms with E-state index in [4.69, 9.17) is 27.6 Å². The summed E-state index contributed by atoms with van der Waals surface area (Å²) in [4.78, 5) is 3.68. The van der Waals surface area contributed by atoms with Crippen LogP contribution in [0.15, 0.2) is 34.9 Å². The van der Waals surface area contributed by atoms with Gasteiger partial charge in [0.15, 0.2) is 0 Å². The topological polar surface area (TPSA) is 51.8 Å². The molecule has 0 aliphatic carbocycles. The average molecular weight is 374 g/mol. The lowest BCUT2D eigenvalue weighted by Gasteiger charge is -2.07. The lowest BCUT2D eigenvalue weighted by Crippen LogP contribution is -2.05. The summed E-state index contributed by atoms with van der Waals surface area (Å²) < 4.78 is 43.4. The zero-order valence-corrected chi connectivity index (χ0v) is 13.5. The normalized spacial score (nSPS) is 11.8. The molecule has 2 heterocycles. The maximum absolute atomic E-state index is 12.6. The second-order valence-corrected chi connectivity index (χ2v) is 5.74. The van der Waals surface area contributed by atoms with E-state index in [1.54, 1.807) is 18.2 Å². The van der Waals surface area contributed by atoms with Gasteiger partial charge in [-0.2, -0.15) is 13.2 Å². The van der Waals surface area contributed by atoms with Crippen LogP contribution in [0.4, 0.5) is 13.2 Å². The summed E-state index contributed by atoms with van der Waals surface area (Å²) in [7, 11) is 0. The van der Waals surface area contributed by atoms with Crippen molar-refractivity contribution >= 4 is 23.2 Å². The van der Waals surface area contributed by atoms with E-state index in [0.29, 0.717) is 16.8 Å². The van der Waals surface area contributed by atoms with E-state index in [9.17, 15) is 13.2 Å². The summed E-state index contributed by atoms with van der Waals surface area (Å²) in [5.74, 6) is 0.0742. The van der Waals surface area contributed by atoms with E-state index in [0.717, 1.165) is 11.6 Å². The largest absolute Gasteiger partial charge is 0.417 e. The van der Waals surface area contributed by atoms with Crippen molar-refractivity contribution in [2.24, 2.45) is 0 Å². The first-order chi connectivity index (χ1) is 11.3. The van der Waals surface area contributed by atoms with Gasteiger partial charge in [-0.15, -0.1) is 10.2 Å². The molecule has 4 nitrogen and oxygen atoms in total. The molecule has 0 saturated heterocycles. The molecule has 3 aromatic rings. The maximum Gasteiger partial charge on any atom is 0.417 e. The lowest BCUT2D eigenvalue weighted by atomic mass is 10.1. The van der Waals surface area contributed by atoms with Crippen molar-refractivity contribution in [3.05, 3.63) is 51.6 Å². The highest BCUT2D eigenvalue weighted by molar-refractivity contribution is 6.33. The molecular formula is C15H8Cl2F3N3O. The Morgan fingerprint density at radius 2 is 1.71 bits per heavy atom. The summed E-state index contributed by atoms with van der Waals surface area (Å²) in [5, 5.41) is 7.92. The fraction of sp³-hybridized carbons (Fsp3) is 0.133. The number of aromatic nitrogens is 3. The van der Waals surface area contributed by atoms with Gasteiger partial charge in [0, 0.05) is 16.8 Å². The minimum atomic E-state index is -4.53. The zero-order valence-electron chi connectivity index (χ0n) is 12.0. The van der Waals surface area contributed by atoms with Gasteiger partial charge >= 0.3 is 6.18 Å². The smallest absolute Gasteiger partial charge is 0.415 e. The number of hydrogen-bond donors (Lipinski definition) is 0. The number of aryl methyl sites for hydroxylation is 1. The highest BCUT2D eigenvalue weighted by Gasteiger charge is 2.32. The van der Waals surface area contributed by atoms with Crippen LogP contribution in [-0.2, 0) is 6.18 Å². The monoisotopic (exact) mass is 373 g/mol. The molecule has 0 N–H and O–H groups in total. The Labute approximate surface area is 144 Å². The molecule has 124 valence electrons. The molecule has 0 aliphatic rings. The first kappa shape index (κ1) is 16.7. The van der Waals surface area contributed by atoms with Gasteiger partial charge in [-0.25, -0.2) is 4.98 Å². The molecule has 2 aromatic heterocycles. The van der Waals surface area contributed by atoms with Crippen molar-refractivity contribution in [3.8, 4) is 23.0 Å². The summed E-state index contributed by atoms with van der Waals surface area (Å²) in [6, 6.07) is 5.93. The van der Waals surface area contributed by atoms with Gasteiger partial charge in [-0.3, -0.25) is 0 Å². The minimum Gasteiger partial charge on any atom is -0.415 e. The summed E-state index contributed by atoms with van der Waals surface area (Å²) in [6.45, 7) is 1.84. The molecule has 0 saturated carbocycles. The van der Waals surface area contributed by atoms with Crippen LogP contribution in [0.5, 0.6) is 0 Å². The Bertz CT molecular complexity index is 909. The van der Waals surface area contributed by atoms with E-state index >= 15 is 0 Å². The predicted octanol–water partition coefficient (Wildman–Crippen LogP) is 5.43. The SMILES string of the molecule is Cc1ccc(-c2nnc(-c3ncc(C(F)(F)F)cc3Cl)o2)cc1Cl. The van der Waals surface area contributed by atoms with Crippen LogP contribution >= 0.6 is 23.2 Å². The molecule has 0 unspecified atom stereocenters. The second-order valence-electron chi connectivity index (χ2n) is 4.93. The Morgan fingerprint density at radius 1 is 1.00 bits per heavy atom. The molecular weight excluding hydrogens is 366 g/mol. The number of rotatable bonds is 2. The van der Waals surface area contributed by atoms with Gasteiger partial charge in [-0.1, -0.05) is 29.3 Å². The highest BCUT2D eigenvalue weighted by Crippen LogP contribution is 2.34. The van der Waals surface area contributed by atoms with E-state index in [-0.39, 0.29) is 22.5 Å². The third-order valence-electron chi connectivity index (χ3n) is 3.21. The third kappa shape index (κ3) is 3.22. The summed E-state index contributed by atoms with van der Waals surface area (Å²) in [5.41, 5.74) is 0.475.